The maximum absolute atomic E-state index is 4.48. The molecule has 1 atom stereocenters. The van der Waals surface area contributed by atoms with Crippen LogP contribution < -0.4 is 5.32 Å². The Bertz CT molecular complexity index is 498. The van der Waals surface area contributed by atoms with Crippen molar-refractivity contribution in [1.82, 2.24) is 15.3 Å². The lowest BCUT2D eigenvalue weighted by molar-refractivity contribution is 0.613. The molecule has 1 fully saturated rings. The number of H-pyrrole nitrogens is 1. The van der Waals surface area contributed by atoms with E-state index in [4.69, 9.17) is 0 Å². The van der Waals surface area contributed by atoms with Crippen LogP contribution in [-0.2, 0) is 0 Å². The van der Waals surface area contributed by atoms with Crippen molar-refractivity contribution < 1.29 is 0 Å². The molecule has 17 heavy (non-hydrogen) atoms. The fraction of sp³-hybridized carbons (Fsp3) is 0.308. The second-order valence-corrected chi connectivity index (χ2v) is 5.58. The van der Waals surface area contributed by atoms with Crippen LogP contribution in [-0.4, -0.2) is 16.5 Å². The normalized spacial score (nSPS) is 19.7. The van der Waals surface area contributed by atoms with Gasteiger partial charge in [-0.25, -0.2) is 4.98 Å². The van der Waals surface area contributed by atoms with Gasteiger partial charge in [-0.2, -0.15) is 0 Å². The number of benzene rings is 1. The lowest BCUT2D eigenvalue weighted by Crippen LogP contribution is -2.14. The number of rotatable bonds is 2. The number of hydrogen-bond acceptors (Lipinski definition) is 2. The molecule has 0 aliphatic carbocycles. The van der Waals surface area contributed by atoms with E-state index in [0.29, 0.717) is 6.04 Å². The molecule has 1 aromatic heterocycles. The van der Waals surface area contributed by atoms with Gasteiger partial charge in [0.05, 0.1) is 17.9 Å². The van der Waals surface area contributed by atoms with Crippen molar-refractivity contribution in [3.05, 3.63) is 39.9 Å². The first-order valence-electron chi connectivity index (χ1n) is 5.87. The second-order valence-electron chi connectivity index (χ2n) is 4.34. The summed E-state index contributed by atoms with van der Waals surface area (Å²) in [5.41, 5.74) is 2.30. The van der Waals surface area contributed by atoms with Crippen LogP contribution in [0.1, 0.15) is 24.7 Å². The van der Waals surface area contributed by atoms with E-state index < -0.39 is 0 Å². The third-order valence-corrected chi connectivity index (χ3v) is 3.86. The molecule has 3 nitrogen and oxygen atoms in total. The van der Waals surface area contributed by atoms with Crippen molar-refractivity contribution in [2.24, 2.45) is 0 Å². The number of aromatic amines is 1. The molecule has 1 aliphatic heterocycles. The van der Waals surface area contributed by atoms with E-state index in [1.807, 2.05) is 6.20 Å². The first-order valence-corrected chi connectivity index (χ1v) is 6.95. The Morgan fingerprint density at radius 3 is 2.76 bits per heavy atom. The predicted octanol–water partition coefficient (Wildman–Crippen LogP) is 3.11. The summed E-state index contributed by atoms with van der Waals surface area (Å²) in [6.07, 6.45) is 4.35. The molecule has 0 radical (unpaired) electrons. The van der Waals surface area contributed by atoms with E-state index in [2.05, 4.69) is 62.1 Å². The van der Waals surface area contributed by atoms with Crippen LogP contribution in [0.3, 0.4) is 0 Å². The zero-order chi connectivity index (χ0) is 11.7. The molecule has 0 unspecified atom stereocenters. The van der Waals surface area contributed by atoms with Gasteiger partial charge in [-0.3, -0.25) is 0 Å². The smallest absolute Gasteiger partial charge is 0.123 e. The number of halogens is 1. The van der Waals surface area contributed by atoms with Gasteiger partial charge in [0.1, 0.15) is 5.82 Å². The van der Waals surface area contributed by atoms with Crippen LogP contribution in [0.15, 0.2) is 30.5 Å². The highest BCUT2D eigenvalue weighted by Gasteiger charge is 2.19. The minimum atomic E-state index is 0.410. The molecular formula is C13H14IN3. The Hall–Kier alpha value is -0.880. The molecule has 1 aromatic carbocycles. The molecule has 1 saturated heterocycles. The number of imidazole rings is 1. The lowest BCUT2D eigenvalue weighted by atomic mass is 10.2. The molecule has 2 aromatic rings. The van der Waals surface area contributed by atoms with Crippen LogP contribution in [0.5, 0.6) is 0 Å². The monoisotopic (exact) mass is 339 g/mol. The van der Waals surface area contributed by atoms with E-state index in [-0.39, 0.29) is 0 Å². The summed E-state index contributed by atoms with van der Waals surface area (Å²) in [5, 5.41) is 3.45. The fourth-order valence-corrected chi connectivity index (χ4v) is 2.57. The van der Waals surface area contributed by atoms with Crippen molar-refractivity contribution >= 4 is 22.6 Å². The molecule has 88 valence electrons. The number of hydrogen-bond donors (Lipinski definition) is 2. The van der Waals surface area contributed by atoms with Crippen LogP contribution in [0.25, 0.3) is 11.3 Å². The van der Waals surface area contributed by atoms with Gasteiger partial charge in [-0.05, 0) is 59.7 Å². The quantitative estimate of drug-likeness (QED) is 0.826. The summed E-state index contributed by atoms with van der Waals surface area (Å²) >= 11 is 2.32. The maximum atomic E-state index is 4.48. The molecule has 0 amide bonds. The van der Waals surface area contributed by atoms with Gasteiger partial charge in [0.2, 0.25) is 0 Å². The van der Waals surface area contributed by atoms with E-state index in [0.717, 1.165) is 18.1 Å². The third-order valence-electron chi connectivity index (χ3n) is 3.14. The number of nitrogens with one attached hydrogen (secondary N) is 2. The molecular weight excluding hydrogens is 325 g/mol. The summed E-state index contributed by atoms with van der Waals surface area (Å²) in [5.74, 6) is 1.07. The zero-order valence-electron chi connectivity index (χ0n) is 9.41. The SMILES string of the molecule is Ic1ccc(-c2cnc([C@@H]3CCCN3)[nH]2)cc1. The summed E-state index contributed by atoms with van der Waals surface area (Å²) < 4.78 is 1.25. The molecule has 0 saturated carbocycles. The van der Waals surface area contributed by atoms with Gasteiger partial charge in [0, 0.05) is 3.57 Å². The molecule has 3 rings (SSSR count). The van der Waals surface area contributed by atoms with E-state index in [9.17, 15) is 0 Å². The minimum Gasteiger partial charge on any atom is -0.341 e. The molecule has 2 N–H and O–H groups in total. The Morgan fingerprint density at radius 1 is 1.24 bits per heavy atom. The summed E-state index contributed by atoms with van der Waals surface area (Å²) in [7, 11) is 0. The van der Waals surface area contributed by atoms with Gasteiger partial charge < -0.3 is 10.3 Å². The van der Waals surface area contributed by atoms with Gasteiger partial charge in [-0.1, -0.05) is 12.1 Å². The van der Waals surface area contributed by atoms with Gasteiger partial charge >= 0.3 is 0 Å². The highest BCUT2D eigenvalue weighted by atomic mass is 127. The second kappa shape index (κ2) is 4.78. The predicted molar refractivity (Wildman–Crippen MR) is 76.7 cm³/mol. The highest BCUT2D eigenvalue weighted by Crippen LogP contribution is 2.24. The van der Waals surface area contributed by atoms with Crippen molar-refractivity contribution in [2.45, 2.75) is 18.9 Å². The fourth-order valence-electron chi connectivity index (χ4n) is 2.21. The largest absolute Gasteiger partial charge is 0.341 e. The maximum Gasteiger partial charge on any atom is 0.123 e. The molecule has 0 bridgehead atoms. The molecule has 4 heteroatoms. The number of nitrogens with zero attached hydrogens (tertiary/aromatic N) is 1. The summed E-state index contributed by atoms with van der Waals surface area (Å²) in [4.78, 5) is 7.89. The Labute approximate surface area is 114 Å². The van der Waals surface area contributed by atoms with Crippen molar-refractivity contribution in [2.75, 3.05) is 6.54 Å². The lowest BCUT2D eigenvalue weighted by Gasteiger charge is -2.05. The standard InChI is InChI=1S/C13H14IN3/c14-10-5-3-9(4-6-10)12-8-16-13(17-12)11-2-1-7-15-11/h3-6,8,11,15H,1-2,7H2,(H,16,17)/t11-/m0/s1. The first kappa shape index (κ1) is 11.2. The third kappa shape index (κ3) is 2.37. The molecule has 1 aliphatic rings. The van der Waals surface area contributed by atoms with E-state index in [1.54, 1.807) is 0 Å². The first-order chi connectivity index (χ1) is 8.33. The van der Waals surface area contributed by atoms with Gasteiger partial charge in [0.15, 0.2) is 0 Å². The molecule has 2 heterocycles. The van der Waals surface area contributed by atoms with Gasteiger partial charge in [0.25, 0.3) is 0 Å². The van der Waals surface area contributed by atoms with Crippen molar-refractivity contribution in [3.63, 3.8) is 0 Å². The number of aromatic nitrogens is 2. The average Bonchev–Trinajstić information content (AvgIpc) is 3.00. The van der Waals surface area contributed by atoms with Gasteiger partial charge in [-0.15, -0.1) is 0 Å². The Morgan fingerprint density at radius 2 is 2.06 bits per heavy atom. The van der Waals surface area contributed by atoms with Crippen LogP contribution >= 0.6 is 22.6 Å². The zero-order valence-corrected chi connectivity index (χ0v) is 11.6. The Kier molecular flexibility index (Phi) is 3.15. The van der Waals surface area contributed by atoms with E-state index >= 15 is 0 Å². The van der Waals surface area contributed by atoms with Crippen LogP contribution in [0, 0.1) is 3.57 Å². The van der Waals surface area contributed by atoms with E-state index in [1.165, 1.54) is 22.0 Å². The minimum absolute atomic E-state index is 0.410. The van der Waals surface area contributed by atoms with Crippen LogP contribution in [0.2, 0.25) is 0 Å². The van der Waals surface area contributed by atoms with Crippen molar-refractivity contribution in [3.8, 4) is 11.3 Å². The summed E-state index contributed by atoms with van der Waals surface area (Å²) in [6.45, 7) is 1.10. The van der Waals surface area contributed by atoms with Crippen LogP contribution in [0.4, 0.5) is 0 Å². The summed E-state index contributed by atoms with van der Waals surface area (Å²) in [6, 6.07) is 8.89. The average molecular weight is 339 g/mol. The highest BCUT2D eigenvalue weighted by molar-refractivity contribution is 14.1. The van der Waals surface area contributed by atoms with Crippen molar-refractivity contribution in [1.29, 1.82) is 0 Å². The molecule has 0 spiro atoms. The Balaban J connectivity index is 1.86. The topological polar surface area (TPSA) is 40.7 Å².